The molecule has 37 heavy (non-hydrogen) atoms. The molecule has 2 aromatic rings. The Hall–Kier alpha value is -3.56. The van der Waals surface area contributed by atoms with Crippen molar-refractivity contribution in [2.24, 2.45) is 4.99 Å². The van der Waals surface area contributed by atoms with Crippen molar-refractivity contribution < 1.29 is 23.8 Å². The SMILES string of the molecule is CCC1=C(C(=O)OC)C(c2cccc(OCc3ccccc3)c2)N2C(CC(=O)NCCOC)=CSC2=N1. The Bertz CT molecular complexity index is 1230. The lowest BCUT2D eigenvalue weighted by Gasteiger charge is -2.36. The number of carbonyl (C=O) groups is 2. The third-order valence-corrected chi connectivity index (χ3v) is 6.91. The average molecular weight is 522 g/mol. The summed E-state index contributed by atoms with van der Waals surface area (Å²) in [4.78, 5) is 32.5. The summed E-state index contributed by atoms with van der Waals surface area (Å²) in [6.07, 6.45) is 0.711. The highest BCUT2D eigenvalue weighted by molar-refractivity contribution is 8.16. The van der Waals surface area contributed by atoms with E-state index in [0.717, 1.165) is 22.0 Å². The number of nitrogens with one attached hydrogen (secondary N) is 1. The monoisotopic (exact) mass is 521 g/mol. The molecule has 2 aromatic carbocycles. The predicted molar refractivity (Wildman–Crippen MR) is 144 cm³/mol. The molecule has 4 rings (SSSR count). The molecule has 2 aliphatic rings. The largest absolute Gasteiger partial charge is 0.489 e. The summed E-state index contributed by atoms with van der Waals surface area (Å²) >= 11 is 1.45. The molecule has 0 saturated heterocycles. The Balaban J connectivity index is 1.66. The zero-order valence-corrected chi connectivity index (χ0v) is 22.0. The molecule has 1 amide bonds. The van der Waals surface area contributed by atoms with Gasteiger partial charge < -0.3 is 24.4 Å². The van der Waals surface area contributed by atoms with Crippen LogP contribution in [0.2, 0.25) is 0 Å². The topological polar surface area (TPSA) is 89.5 Å². The van der Waals surface area contributed by atoms with Crippen molar-refractivity contribution in [2.75, 3.05) is 27.4 Å². The number of benzene rings is 2. The van der Waals surface area contributed by atoms with Crippen molar-refractivity contribution in [2.45, 2.75) is 32.4 Å². The van der Waals surface area contributed by atoms with Crippen LogP contribution in [0.4, 0.5) is 0 Å². The molecule has 0 bridgehead atoms. The molecule has 1 unspecified atom stereocenters. The van der Waals surface area contributed by atoms with Crippen LogP contribution in [-0.4, -0.2) is 49.3 Å². The molecule has 8 nitrogen and oxygen atoms in total. The Morgan fingerprint density at radius 3 is 2.65 bits per heavy atom. The Kier molecular flexibility index (Phi) is 9.03. The first kappa shape index (κ1) is 26.5. The van der Waals surface area contributed by atoms with Crippen LogP contribution in [-0.2, 0) is 25.7 Å². The van der Waals surface area contributed by atoms with Crippen molar-refractivity contribution in [3.8, 4) is 5.75 Å². The first-order valence-electron chi connectivity index (χ1n) is 12.1. The first-order valence-corrected chi connectivity index (χ1v) is 13.0. The van der Waals surface area contributed by atoms with Gasteiger partial charge in [0.2, 0.25) is 5.91 Å². The molecule has 2 aliphatic heterocycles. The predicted octanol–water partition coefficient (Wildman–Crippen LogP) is 4.56. The number of hydrogen-bond donors (Lipinski definition) is 1. The van der Waals surface area contributed by atoms with E-state index in [4.69, 9.17) is 19.2 Å². The summed E-state index contributed by atoms with van der Waals surface area (Å²) in [5.74, 6) is 0.108. The van der Waals surface area contributed by atoms with Crippen molar-refractivity contribution >= 4 is 28.8 Å². The van der Waals surface area contributed by atoms with Crippen LogP contribution < -0.4 is 10.1 Å². The number of carbonyl (C=O) groups excluding carboxylic acids is 2. The van der Waals surface area contributed by atoms with Gasteiger partial charge >= 0.3 is 5.97 Å². The number of nitrogens with zero attached hydrogens (tertiary/aromatic N) is 2. The lowest BCUT2D eigenvalue weighted by molar-refractivity contribution is -0.136. The van der Waals surface area contributed by atoms with Crippen LogP contribution in [0.25, 0.3) is 0 Å². The van der Waals surface area contributed by atoms with E-state index in [2.05, 4.69) is 5.32 Å². The Labute approximate surface area is 221 Å². The minimum Gasteiger partial charge on any atom is -0.489 e. The second-order valence-electron chi connectivity index (χ2n) is 8.47. The van der Waals surface area contributed by atoms with Crippen molar-refractivity contribution in [1.29, 1.82) is 0 Å². The molecule has 1 atom stereocenters. The molecule has 0 fully saturated rings. The number of hydrogen-bond acceptors (Lipinski definition) is 8. The summed E-state index contributed by atoms with van der Waals surface area (Å²) in [7, 11) is 2.96. The lowest BCUT2D eigenvalue weighted by atomic mass is 9.92. The van der Waals surface area contributed by atoms with Crippen molar-refractivity contribution in [3.63, 3.8) is 0 Å². The van der Waals surface area contributed by atoms with E-state index in [0.29, 0.717) is 43.2 Å². The number of methoxy groups -OCH3 is 2. The summed E-state index contributed by atoms with van der Waals surface area (Å²) in [5.41, 5.74) is 3.80. The van der Waals surface area contributed by atoms with E-state index < -0.39 is 12.0 Å². The number of amidine groups is 1. The van der Waals surface area contributed by atoms with E-state index in [9.17, 15) is 9.59 Å². The normalized spacial score (nSPS) is 16.6. The summed E-state index contributed by atoms with van der Waals surface area (Å²) in [6, 6.07) is 17.1. The molecule has 0 aliphatic carbocycles. The maximum absolute atomic E-state index is 13.1. The highest BCUT2D eigenvalue weighted by Crippen LogP contribution is 2.45. The van der Waals surface area contributed by atoms with Crippen LogP contribution in [0, 0.1) is 0 Å². The number of esters is 1. The van der Waals surface area contributed by atoms with Gasteiger partial charge in [0.1, 0.15) is 12.4 Å². The van der Waals surface area contributed by atoms with Crippen molar-refractivity contribution in [3.05, 3.63) is 88.1 Å². The molecule has 1 N–H and O–H groups in total. The number of allylic oxidation sites excluding steroid dienone is 1. The van der Waals surface area contributed by atoms with Crippen LogP contribution in [0.15, 0.2) is 82.0 Å². The highest BCUT2D eigenvalue weighted by Gasteiger charge is 2.41. The minimum atomic E-state index is -0.511. The van der Waals surface area contributed by atoms with Crippen LogP contribution in [0.3, 0.4) is 0 Å². The zero-order chi connectivity index (χ0) is 26.2. The molecule has 194 valence electrons. The maximum atomic E-state index is 13.1. The molecular formula is C28H31N3O5S. The minimum absolute atomic E-state index is 0.131. The van der Waals surface area contributed by atoms with Gasteiger partial charge in [-0.1, -0.05) is 61.2 Å². The van der Waals surface area contributed by atoms with Crippen LogP contribution in [0.1, 0.15) is 36.9 Å². The third kappa shape index (κ3) is 6.23. The fraction of sp³-hybridized carbons (Fsp3) is 0.321. The van der Waals surface area contributed by atoms with Crippen LogP contribution in [0.5, 0.6) is 5.75 Å². The molecule has 0 saturated carbocycles. The molecule has 0 spiro atoms. The van der Waals surface area contributed by atoms with Gasteiger partial charge in [-0.15, -0.1) is 0 Å². The number of amides is 1. The fourth-order valence-electron chi connectivity index (χ4n) is 4.26. The van der Waals surface area contributed by atoms with Gasteiger partial charge in [-0.05, 0) is 35.1 Å². The van der Waals surface area contributed by atoms with E-state index in [1.54, 1.807) is 7.11 Å². The van der Waals surface area contributed by atoms with Crippen LogP contribution >= 0.6 is 11.8 Å². The van der Waals surface area contributed by atoms with Gasteiger partial charge in [0.05, 0.1) is 37.4 Å². The molecule has 2 heterocycles. The van der Waals surface area contributed by atoms with Gasteiger partial charge in [0, 0.05) is 19.4 Å². The van der Waals surface area contributed by atoms with Gasteiger partial charge in [-0.25, -0.2) is 9.79 Å². The summed E-state index contributed by atoms with van der Waals surface area (Å²) < 4.78 is 16.3. The quantitative estimate of drug-likeness (QED) is 0.343. The number of fused-ring (bicyclic) bond motifs is 1. The summed E-state index contributed by atoms with van der Waals surface area (Å²) in [6.45, 7) is 3.25. The Morgan fingerprint density at radius 2 is 1.92 bits per heavy atom. The molecular weight excluding hydrogens is 490 g/mol. The van der Waals surface area contributed by atoms with Crippen molar-refractivity contribution in [1.82, 2.24) is 10.2 Å². The molecule has 9 heteroatoms. The highest BCUT2D eigenvalue weighted by atomic mass is 32.2. The lowest BCUT2D eigenvalue weighted by Crippen LogP contribution is -2.38. The van der Waals surface area contributed by atoms with Gasteiger partial charge in [0.25, 0.3) is 0 Å². The maximum Gasteiger partial charge on any atom is 0.338 e. The number of rotatable bonds is 11. The van der Waals surface area contributed by atoms with E-state index in [1.807, 2.05) is 71.8 Å². The third-order valence-electron chi connectivity index (χ3n) is 6.02. The molecule has 0 aromatic heterocycles. The van der Waals surface area contributed by atoms with E-state index in [1.165, 1.54) is 18.9 Å². The first-order chi connectivity index (χ1) is 18.0. The number of aliphatic imine (C=N–C) groups is 1. The second-order valence-corrected chi connectivity index (χ2v) is 9.30. The average Bonchev–Trinajstić information content (AvgIpc) is 3.33. The smallest absolute Gasteiger partial charge is 0.338 e. The molecule has 0 radical (unpaired) electrons. The zero-order valence-electron chi connectivity index (χ0n) is 21.2. The number of thioether (sulfide) groups is 1. The van der Waals surface area contributed by atoms with Gasteiger partial charge in [0.15, 0.2) is 5.17 Å². The Morgan fingerprint density at radius 1 is 1.11 bits per heavy atom. The van der Waals surface area contributed by atoms with Gasteiger partial charge in [-0.2, -0.15) is 0 Å². The second kappa shape index (κ2) is 12.6. The van der Waals surface area contributed by atoms with E-state index in [-0.39, 0.29) is 12.3 Å². The number of ether oxygens (including phenoxy) is 3. The van der Waals surface area contributed by atoms with E-state index >= 15 is 0 Å². The fourth-order valence-corrected chi connectivity index (χ4v) is 5.20. The summed E-state index contributed by atoms with van der Waals surface area (Å²) in [5, 5.41) is 5.51. The standard InChI is InChI=1S/C28H31N3O5S/c1-4-23-25(27(33)35-3)26(20-11-8-12-22(15-20)36-17-19-9-6-5-7-10-19)31-21(18-37-28(31)30-23)16-24(32)29-13-14-34-2/h5-12,15,18,26H,4,13-14,16-17H2,1-3H3,(H,29,32). The van der Waals surface area contributed by atoms with Gasteiger partial charge in [-0.3, -0.25) is 4.79 Å².